The van der Waals surface area contributed by atoms with Crippen LogP contribution in [-0.4, -0.2) is 11.7 Å². The van der Waals surface area contributed by atoms with Crippen molar-refractivity contribution in [2.75, 3.05) is 0 Å². The van der Waals surface area contributed by atoms with Crippen LogP contribution in [0, 0.1) is 19.7 Å². The van der Waals surface area contributed by atoms with Crippen LogP contribution >= 0.6 is 0 Å². The van der Waals surface area contributed by atoms with E-state index in [1.807, 2.05) is 0 Å². The maximum Gasteiger partial charge on any atom is 0.387 e. The summed E-state index contributed by atoms with van der Waals surface area (Å²) < 4.78 is 42.0. The minimum atomic E-state index is -2.89. The Morgan fingerprint density at radius 3 is 1.95 bits per heavy atom. The van der Waals surface area contributed by atoms with E-state index in [-0.39, 0.29) is 11.6 Å². The lowest BCUT2D eigenvalue weighted by Crippen LogP contribution is -2.04. The molecule has 0 fully saturated rings. The van der Waals surface area contributed by atoms with Crippen molar-refractivity contribution in [3.05, 3.63) is 64.5 Å². The van der Waals surface area contributed by atoms with Crippen molar-refractivity contribution < 1.29 is 23.0 Å². The highest BCUT2D eigenvalue weighted by atomic mass is 19.3. The van der Waals surface area contributed by atoms with Gasteiger partial charge in [0.05, 0.1) is 0 Å². The zero-order valence-electron chi connectivity index (χ0n) is 11.6. The molecule has 0 saturated carbocycles. The van der Waals surface area contributed by atoms with E-state index in [1.54, 1.807) is 26.0 Å². The molecule has 0 aliphatic heterocycles. The van der Waals surface area contributed by atoms with E-state index < -0.39 is 12.7 Å². The molecular weight excluding hydrogens is 281 g/mol. The number of ether oxygens (including phenoxy) is 1. The second kappa shape index (κ2) is 6.18. The Kier molecular flexibility index (Phi) is 4.53. The molecule has 2 aromatic rings. The van der Waals surface area contributed by atoms with Crippen LogP contribution in [0.4, 0.5) is 13.2 Å². The largest absolute Gasteiger partial charge is 0.435 e. The molecule has 112 valence electrons. The molecule has 0 spiro atoms. The number of rotatable bonds is 4. The lowest BCUT2D eigenvalue weighted by atomic mass is 9.97. The van der Waals surface area contributed by atoms with Gasteiger partial charge in [0.15, 0.2) is 0 Å². The third kappa shape index (κ3) is 3.55. The second-order valence-electron chi connectivity index (χ2n) is 4.82. The van der Waals surface area contributed by atoms with Crippen molar-refractivity contribution in [1.29, 1.82) is 0 Å². The van der Waals surface area contributed by atoms with Gasteiger partial charge in [0.25, 0.3) is 0 Å². The topological polar surface area (TPSA) is 29.5 Å². The number of aryl methyl sites for hydroxylation is 2. The van der Waals surface area contributed by atoms with Crippen molar-refractivity contribution in [1.82, 2.24) is 0 Å². The van der Waals surface area contributed by atoms with Crippen LogP contribution in [-0.2, 0) is 0 Å². The normalized spacial score (nSPS) is 12.5. The minimum absolute atomic E-state index is 0.0208. The number of hydrogen-bond donors (Lipinski definition) is 1. The molecule has 0 aliphatic carbocycles. The van der Waals surface area contributed by atoms with Gasteiger partial charge in [0.2, 0.25) is 0 Å². The summed E-state index contributed by atoms with van der Waals surface area (Å²) in [6.45, 7) is 0.360. The molecule has 0 aliphatic rings. The Hall–Kier alpha value is -2.01. The van der Waals surface area contributed by atoms with Crippen LogP contribution in [0.2, 0.25) is 0 Å². The first-order valence-electron chi connectivity index (χ1n) is 6.38. The summed E-state index contributed by atoms with van der Waals surface area (Å²) in [5, 5.41) is 10.3. The van der Waals surface area contributed by atoms with Crippen molar-refractivity contribution in [3.8, 4) is 5.75 Å². The molecule has 2 aromatic carbocycles. The third-order valence-corrected chi connectivity index (χ3v) is 3.20. The first-order chi connectivity index (χ1) is 9.88. The van der Waals surface area contributed by atoms with Crippen molar-refractivity contribution >= 4 is 0 Å². The molecule has 1 unspecified atom stereocenters. The Bertz CT molecular complexity index is 601. The quantitative estimate of drug-likeness (QED) is 0.919. The van der Waals surface area contributed by atoms with Crippen LogP contribution in [0.15, 0.2) is 36.4 Å². The van der Waals surface area contributed by atoms with E-state index in [0.717, 1.165) is 0 Å². The van der Waals surface area contributed by atoms with E-state index in [4.69, 9.17) is 0 Å². The molecule has 5 heteroatoms. The fraction of sp³-hybridized carbons (Fsp3) is 0.250. The maximum absolute atomic E-state index is 13.6. The van der Waals surface area contributed by atoms with E-state index in [2.05, 4.69) is 4.74 Å². The number of halogens is 3. The van der Waals surface area contributed by atoms with Gasteiger partial charge in [0.1, 0.15) is 17.7 Å². The molecule has 0 saturated heterocycles. The predicted molar refractivity (Wildman–Crippen MR) is 73.0 cm³/mol. The maximum atomic E-state index is 13.6. The standard InChI is InChI=1S/C16H15F3O2/c1-9-7-12(8-10(2)14(9)17)15(20)11-3-5-13(6-4-11)21-16(18)19/h3-8,15-16,20H,1-2H3. The molecule has 0 amide bonds. The van der Waals surface area contributed by atoms with Gasteiger partial charge in [-0.05, 0) is 48.2 Å². The SMILES string of the molecule is Cc1cc(C(O)c2ccc(OC(F)F)cc2)cc(C)c1F. The summed E-state index contributed by atoms with van der Waals surface area (Å²) in [6.07, 6.45) is -0.955. The molecule has 0 aromatic heterocycles. The summed E-state index contributed by atoms with van der Waals surface area (Å²) in [5.41, 5.74) is 1.96. The summed E-state index contributed by atoms with van der Waals surface area (Å²) >= 11 is 0. The van der Waals surface area contributed by atoms with E-state index in [9.17, 15) is 18.3 Å². The number of benzene rings is 2. The molecule has 0 heterocycles. The highest BCUT2D eigenvalue weighted by molar-refractivity contribution is 5.38. The van der Waals surface area contributed by atoms with Gasteiger partial charge in [-0.1, -0.05) is 24.3 Å². The van der Waals surface area contributed by atoms with E-state index >= 15 is 0 Å². The third-order valence-electron chi connectivity index (χ3n) is 3.20. The molecule has 0 radical (unpaired) electrons. The van der Waals surface area contributed by atoms with Gasteiger partial charge < -0.3 is 9.84 Å². The first-order valence-corrected chi connectivity index (χ1v) is 6.38. The number of alkyl halides is 2. The van der Waals surface area contributed by atoms with Gasteiger partial charge in [-0.15, -0.1) is 0 Å². The molecule has 1 atom stereocenters. The van der Waals surface area contributed by atoms with Crippen LogP contribution in [0.25, 0.3) is 0 Å². The molecule has 2 nitrogen and oxygen atoms in total. The second-order valence-corrected chi connectivity index (χ2v) is 4.82. The van der Waals surface area contributed by atoms with Gasteiger partial charge in [0, 0.05) is 0 Å². The molecule has 2 rings (SSSR count). The van der Waals surface area contributed by atoms with Crippen molar-refractivity contribution in [3.63, 3.8) is 0 Å². The van der Waals surface area contributed by atoms with Gasteiger partial charge >= 0.3 is 6.61 Å². The molecule has 1 N–H and O–H groups in total. The Morgan fingerprint density at radius 2 is 1.48 bits per heavy atom. The Morgan fingerprint density at radius 1 is 0.952 bits per heavy atom. The molecule has 0 bridgehead atoms. The van der Waals surface area contributed by atoms with Crippen molar-refractivity contribution in [2.24, 2.45) is 0 Å². The van der Waals surface area contributed by atoms with Crippen molar-refractivity contribution in [2.45, 2.75) is 26.6 Å². The first kappa shape index (κ1) is 15.4. The average molecular weight is 296 g/mol. The minimum Gasteiger partial charge on any atom is -0.435 e. The summed E-state index contributed by atoms with van der Waals surface area (Å²) in [5.74, 6) is -0.279. The van der Waals surface area contributed by atoms with Crippen LogP contribution in [0.3, 0.4) is 0 Å². The fourth-order valence-corrected chi connectivity index (χ4v) is 2.16. The average Bonchev–Trinajstić information content (AvgIpc) is 2.43. The number of hydrogen-bond acceptors (Lipinski definition) is 2. The lowest BCUT2D eigenvalue weighted by Gasteiger charge is -2.14. The number of aliphatic hydroxyl groups is 1. The summed E-state index contributed by atoms with van der Waals surface area (Å²) in [7, 11) is 0. The zero-order chi connectivity index (χ0) is 15.6. The van der Waals surface area contributed by atoms with E-state index in [1.165, 1.54) is 24.3 Å². The highest BCUT2D eigenvalue weighted by Crippen LogP contribution is 2.27. The van der Waals surface area contributed by atoms with Crippen LogP contribution in [0.5, 0.6) is 5.75 Å². The van der Waals surface area contributed by atoms with E-state index in [0.29, 0.717) is 22.3 Å². The Labute approximate surface area is 120 Å². The van der Waals surface area contributed by atoms with Crippen LogP contribution in [0.1, 0.15) is 28.4 Å². The molecular formula is C16H15F3O2. The van der Waals surface area contributed by atoms with Gasteiger partial charge in [-0.3, -0.25) is 0 Å². The smallest absolute Gasteiger partial charge is 0.387 e. The zero-order valence-corrected chi connectivity index (χ0v) is 11.6. The fourth-order valence-electron chi connectivity index (χ4n) is 2.16. The molecule has 21 heavy (non-hydrogen) atoms. The van der Waals surface area contributed by atoms with Gasteiger partial charge in [-0.25, -0.2) is 4.39 Å². The summed E-state index contributed by atoms with van der Waals surface area (Å²) in [4.78, 5) is 0. The Balaban J connectivity index is 2.25. The van der Waals surface area contributed by atoms with Crippen LogP contribution < -0.4 is 4.74 Å². The highest BCUT2D eigenvalue weighted by Gasteiger charge is 2.14. The van der Waals surface area contributed by atoms with Gasteiger partial charge in [-0.2, -0.15) is 8.78 Å². The predicted octanol–water partition coefficient (Wildman–Crippen LogP) is 4.13. The number of aliphatic hydroxyl groups excluding tert-OH is 1. The lowest BCUT2D eigenvalue weighted by molar-refractivity contribution is -0.0498. The summed E-state index contributed by atoms with van der Waals surface area (Å²) in [6, 6.07) is 8.84. The monoisotopic (exact) mass is 296 g/mol.